The number of aryl methyl sites for hydroxylation is 1. The van der Waals surface area contributed by atoms with E-state index in [0.717, 1.165) is 29.0 Å². The molecule has 1 heterocycles. The largest absolute Gasteiger partial charge is 0.494 e. The lowest BCUT2D eigenvalue weighted by Gasteiger charge is -2.28. The van der Waals surface area contributed by atoms with Crippen molar-refractivity contribution >= 4 is 27.5 Å². The SMILES string of the molecule is CCOc1ccc(C2=CCC(Br)C(=O)N2C)c(C)c1. The molecule has 0 aliphatic carbocycles. The molecule has 0 bridgehead atoms. The summed E-state index contributed by atoms with van der Waals surface area (Å²) in [5, 5.41) is 0. The van der Waals surface area contributed by atoms with E-state index in [1.807, 2.05) is 39.1 Å². The lowest BCUT2D eigenvalue weighted by molar-refractivity contribution is -0.126. The Kier molecular flexibility index (Phi) is 4.30. The zero-order chi connectivity index (χ0) is 14.0. The van der Waals surface area contributed by atoms with Crippen molar-refractivity contribution in [3.63, 3.8) is 0 Å². The van der Waals surface area contributed by atoms with Gasteiger partial charge in [0.05, 0.1) is 11.4 Å². The second kappa shape index (κ2) is 5.78. The van der Waals surface area contributed by atoms with Gasteiger partial charge in [-0.3, -0.25) is 4.79 Å². The summed E-state index contributed by atoms with van der Waals surface area (Å²) < 4.78 is 5.49. The first-order valence-corrected chi connectivity index (χ1v) is 7.31. The molecule has 3 nitrogen and oxygen atoms in total. The van der Waals surface area contributed by atoms with Crippen LogP contribution in [0.3, 0.4) is 0 Å². The third-order valence-corrected chi connectivity index (χ3v) is 4.03. The number of carbonyl (C=O) groups is 1. The minimum atomic E-state index is -0.107. The van der Waals surface area contributed by atoms with Crippen molar-refractivity contribution in [2.75, 3.05) is 13.7 Å². The number of hydrogen-bond donors (Lipinski definition) is 0. The van der Waals surface area contributed by atoms with Gasteiger partial charge in [0.2, 0.25) is 5.91 Å². The average Bonchev–Trinajstić information content (AvgIpc) is 2.38. The molecule has 0 saturated carbocycles. The van der Waals surface area contributed by atoms with E-state index in [2.05, 4.69) is 22.0 Å². The minimum absolute atomic E-state index is 0.103. The van der Waals surface area contributed by atoms with Gasteiger partial charge in [-0.05, 0) is 44.0 Å². The molecule has 0 aromatic heterocycles. The number of ether oxygens (including phenoxy) is 1. The van der Waals surface area contributed by atoms with E-state index in [0.29, 0.717) is 6.61 Å². The Hall–Kier alpha value is -1.29. The molecule has 0 N–H and O–H groups in total. The van der Waals surface area contributed by atoms with Gasteiger partial charge in [-0.1, -0.05) is 22.0 Å². The van der Waals surface area contributed by atoms with Gasteiger partial charge >= 0.3 is 0 Å². The first-order valence-electron chi connectivity index (χ1n) is 6.40. The molecule has 0 spiro atoms. The zero-order valence-corrected chi connectivity index (χ0v) is 13.0. The van der Waals surface area contributed by atoms with Crippen LogP contribution in [0.5, 0.6) is 5.75 Å². The highest BCUT2D eigenvalue weighted by atomic mass is 79.9. The lowest BCUT2D eigenvalue weighted by Crippen LogP contribution is -2.35. The van der Waals surface area contributed by atoms with Gasteiger partial charge < -0.3 is 9.64 Å². The summed E-state index contributed by atoms with van der Waals surface area (Å²) in [5.74, 6) is 0.971. The third-order valence-electron chi connectivity index (χ3n) is 3.26. The van der Waals surface area contributed by atoms with Gasteiger partial charge in [-0.2, -0.15) is 0 Å². The first-order chi connectivity index (χ1) is 9.04. The van der Waals surface area contributed by atoms with E-state index in [4.69, 9.17) is 4.74 Å². The second-order valence-electron chi connectivity index (χ2n) is 4.60. The summed E-state index contributed by atoms with van der Waals surface area (Å²) in [4.78, 5) is 13.6. The van der Waals surface area contributed by atoms with Crippen LogP contribution in [0.1, 0.15) is 24.5 Å². The van der Waals surface area contributed by atoms with E-state index < -0.39 is 0 Å². The summed E-state index contributed by atoms with van der Waals surface area (Å²) >= 11 is 3.39. The Morgan fingerprint density at radius 2 is 2.21 bits per heavy atom. The number of allylic oxidation sites excluding steroid dienone is 1. The van der Waals surface area contributed by atoms with Crippen LogP contribution < -0.4 is 4.74 Å². The maximum atomic E-state index is 12.0. The highest BCUT2D eigenvalue weighted by Gasteiger charge is 2.26. The molecule has 1 aromatic rings. The Balaban J connectivity index is 2.34. The molecule has 0 radical (unpaired) electrons. The summed E-state index contributed by atoms with van der Waals surface area (Å²) in [5.41, 5.74) is 3.17. The number of rotatable bonds is 3. The van der Waals surface area contributed by atoms with Crippen LogP contribution in [0.15, 0.2) is 24.3 Å². The van der Waals surface area contributed by atoms with Crippen LogP contribution in [0.25, 0.3) is 5.70 Å². The molecule has 0 fully saturated rings. The van der Waals surface area contributed by atoms with Crippen molar-refractivity contribution in [2.24, 2.45) is 0 Å². The number of alkyl halides is 1. The third kappa shape index (κ3) is 2.84. The molecule has 1 aliphatic rings. The maximum absolute atomic E-state index is 12.0. The van der Waals surface area contributed by atoms with Crippen molar-refractivity contribution in [1.29, 1.82) is 0 Å². The van der Waals surface area contributed by atoms with Gasteiger partial charge in [0.25, 0.3) is 0 Å². The quantitative estimate of drug-likeness (QED) is 0.798. The van der Waals surface area contributed by atoms with E-state index in [1.54, 1.807) is 4.90 Å². The summed E-state index contributed by atoms with van der Waals surface area (Å²) in [6.07, 6.45) is 2.83. The number of benzene rings is 1. The van der Waals surface area contributed by atoms with Crippen LogP contribution in [-0.4, -0.2) is 29.3 Å². The van der Waals surface area contributed by atoms with E-state index in [1.165, 1.54) is 0 Å². The Morgan fingerprint density at radius 3 is 2.84 bits per heavy atom. The normalized spacial score (nSPS) is 19.4. The first kappa shape index (κ1) is 14.1. The predicted molar refractivity (Wildman–Crippen MR) is 80.4 cm³/mol. The van der Waals surface area contributed by atoms with Crippen molar-refractivity contribution < 1.29 is 9.53 Å². The highest BCUT2D eigenvalue weighted by molar-refractivity contribution is 9.10. The number of amides is 1. The molecule has 102 valence electrons. The molecule has 0 saturated heterocycles. The fraction of sp³-hybridized carbons (Fsp3) is 0.400. The van der Waals surface area contributed by atoms with Gasteiger partial charge in [0.15, 0.2) is 0 Å². The predicted octanol–water partition coefficient (Wildman–Crippen LogP) is 3.36. The lowest BCUT2D eigenvalue weighted by atomic mass is 10.0. The van der Waals surface area contributed by atoms with E-state index in [9.17, 15) is 4.79 Å². The molecule has 1 aliphatic heterocycles. The van der Waals surface area contributed by atoms with Gasteiger partial charge in [-0.25, -0.2) is 0 Å². The molecule has 1 aromatic carbocycles. The van der Waals surface area contributed by atoms with Crippen LogP contribution >= 0.6 is 15.9 Å². The standard InChI is InChI=1S/C15H18BrNO2/c1-4-19-11-5-6-12(10(2)9-11)14-8-7-13(16)15(18)17(14)3/h5-6,8-9,13H,4,7H2,1-3H3. The van der Waals surface area contributed by atoms with E-state index >= 15 is 0 Å². The molecule has 19 heavy (non-hydrogen) atoms. The number of halogens is 1. The Labute approximate surface area is 122 Å². The highest BCUT2D eigenvalue weighted by Crippen LogP contribution is 2.30. The summed E-state index contributed by atoms with van der Waals surface area (Å²) in [6.45, 7) is 4.66. The molecular formula is C15H18BrNO2. The molecule has 4 heteroatoms. The van der Waals surface area contributed by atoms with Gasteiger partial charge in [-0.15, -0.1) is 0 Å². The molecule has 1 unspecified atom stereocenters. The van der Waals surface area contributed by atoms with Crippen LogP contribution in [0.4, 0.5) is 0 Å². The van der Waals surface area contributed by atoms with Crippen LogP contribution in [0.2, 0.25) is 0 Å². The average molecular weight is 324 g/mol. The monoisotopic (exact) mass is 323 g/mol. The maximum Gasteiger partial charge on any atom is 0.240 e. The fourth-order valence-corrected chi connectivity index (χ4v) is 2.75. The fourth-order valence-electron chi connectivity index (χ4n) is 2.25. The van der Waals surface area contributed by atoms with Crippen molar-refractivity contribution in [3.8, 4) is 5.75 Å². The van der Waals surface area contributed by atoms with Crippen LogP contribution in [-0.2, 0) is 4.79 Å². The van der Waals surface area contributed by atoms with Crippen molar-refractivity contribution in [2.45, 2.75) is 25.1 Å². The van der Waals surface area contributed by atoms with E-state index in [-0.39, 0.29) is 10.7 Å². The summed E-state index contributed by atoms with van der Waals surface area (Å²) in [6, 6.07) is 5.98. The zero-order valence-electron chi connectivity index (χ0n) is 11.4. The minimum Gasteiger partial charge on any atom is -0.494 e. The molecule has 2 rings (SSSR count). The summed E-state index contributed by atoms with van der Waals surface area (Å²) in [7, 11) is 1.82. The van der Waals surface area contributed by atoms with Gasteiger partial charge in [0, 0.05) is 18.3 Å². The van der Waals surface area contributed by atoms with Crippen molar-refractivity contribution in [3.05, 3.63) is 35.4 Å². The number of hydrogen-bond acceptors (Lipinski definition) is 2. The molecule has 1 atom stereocenters. The smallest absolute Gasteiger partial charge is 0.240 e. The van der Waals surface area contributed by atoms with Crippen molar-refractivity contribution in [1.82, 2.24) is 4.90 Å². The Morgan fingerprint density at radius 1 is 1.47 bits per heavy atom. The number of nitrogens with zero attached hydrogens (tertiary/aromatic N) is 1. The number of carbonyl (C=O) groups excluding carboxylic acids is 1. The Bertz CT molecular complexity index is 525. The van der Waals surface area contributed by atoms with Crippen LogP contribution in [0, 0.1) is 6.92 Å². The molecular weight excluding hydrogens is 306 g/mol. The van der Waals surface area contributed by atoms with Gasteiger partial charge in [0.1, 0.15) is 5.75 Å². The molecule has 1 amide bonds. The second-order valence-corrected chi connectivity index (χ2v) is 5.70. The topological polar surface area (TPSA) is 29.5 Å².